The highest BCUT2D eigenvalue weighted by atomic mass is 16.5. The molecule has 0 aliphatic heterocycles. The van der Waals surface area contributed by atoms with Crippen LogP contribution in [0.1, 0.15) is 35.6 Å². The van der Waals surface area contributed by atoms with Gasteiger partial charge in [-0.25, -0.2) is 4.98 Å². The van der Waals surface area contributed by atoms with E-state index in [1.165, 1.54) is 6.26 Å². The zero-order chi connectivity index (χ0) is 22.9. The molecule has 2 aromatic heterocycles. The summed E-state index contributed by atoms with van der Waals surface area (Å²) in [4.78, 5) is 16.8. The van der Waals surface area contributed by atoms with Gasteiger partial charge >= 0.3 is 0 Å². The maximum absolute atomic E-state index is 12.0. The summed E-state index contributed by atoms with van der Waals surface area (Å²) in [5.41, 5.74) is 2.14. The Morgan fingerprint density at radius 2 is 1.82 bits per heavy atom. The molecule has 0 spiro atoms. The number of nitrogens with one attached hydrogen (secondary N) is 1. The molecule has 2 heterocycles. The molecule has 0 atom stereocenters. The monoisotopic (exact) mass is 447 g/mol. The lowest BCUT2D eigenvalue weighted by atomic mass is 10.2. The zero-order valence-corrected chi connectivity index (χ0v) is 18.8. The molecule has 4 aromatic rings. The van der Waals surface area contributed by atoms with Gasteiger partial charge in [0.2, 0.25) is 0 Å². The van der Waals surface area contributed by atoms with Crippen LogP contribution in [0.15, 0.2) is 71.3 Å². The molecule has 7 heteroatoms. The zero-order valence-electron chi connectivity index (χ0n) is 18.8. The average molecular weight is 448 g/mol. The molecule has 1 N–H and O–H groups in total. The van der Waals surface area contributed by atoms with Gasteiger partial charge in [-0.05, 0) is 67.8 Å². The molecule has 4 rings (SSSR count). The quantitative estimate of drug-likeness (QED) is 0.314. The van der Waals surface area contributed by atoms with Crippen LogP contribution in [-0.4, -0.2) is 35.7 Å². The summed E-state index contributed by atoms with van der Waals surface area (Å²) in [5, 5.41) is 2.90. The Kier molecular flexibility index (Phi) is 7.64. The maximum atomic E-state index is 12.0. The first-order valence-corrected chi connectivity index (χ1v) is 11.3. The number of rotatable bonds is 12. The van der Waals surface area contributed by atoms with Gasteiger partial charge in [0.1, 0.15) is 17.3 Å². The highest BCUT2D eigenvalue weighted by molar-refractivity contribution is 5.91. The predicted molar refractivity (Wildman–Crippen MR) is 127 cm³/mol. The molecule has 0 saturated carbocycles. The number of aryl methyl sites for hydroxylation is 2. The first-order chi connectivity index (χ1) is 16.2. The highest BCUT2D eigenvalue weighted by Crippen LogP contribution is 2.19. The van der Waals surface area contributed by atoms with E-state index in [0.717, 1.165) is 60.6 Å². The molecule has 0 fully saturated rings. The largest absolute Gasteiger partial charge is 0.497 e. The summed E-state index contributed by atoms with van der Waals surface area (Å²) in [5.74, 6) is 2.85. The summed E-state index contributed by atoms with van der Waals surface area (Å²) < 4.78 is 18.4. The summed E-state index contributed by atoms with van der Waals surface area (Å²) in [6, 6.07) is 19.2. The third-order valence-corrected chi connectivity index (χ3v) is 5.45. The first-order valence-electron chi connectivity index (χ1n) is 11.3. The van der Waals surface area contributed by atoms with E-state index < -0.39 is 0 Å². The topological polar surface area (TPSA) is 78.5 Å². The van der Waals surface area contributed by atoms with Crippen molar-refractivity contribution in [1.82, 2.24) is 14.9 Å². The molecule has 0 aliphatic carbocycles. The van der Waals surface area contributed by atoms with Gasteiger partial charge < -0.3 is 23.8 Å². The summed E-state index contributed by atoms with van der Waals surface area (Å²) in [6.45, 7) is 2.10. The van der Waals surface area contributed by atoms with E-state index in [-0.39, 0.29) is 5.91 Å². The fourth-order valence-electron chi connectivity index (χ4n) is 3.74. The molecule has 0 saturated heterocycles. The van der Waals surface area contributed by atoms with Crippen molar-refractivity contribution in [3.05, 3.63) is 78.5 Å². The van der Waals surface area contributed by atoms with Crippen LogP contribution in [0.3, 0.4) is 0 Å². The van der Waals surface area contributed by atoms with Crippen molar-refractivity contribution in [3.63, 3.8) is 0 Å². The number of unbranched alkanes of at least 4 members (excludes halogenated alkanes) is 1. The molecular weight excluding hydrogens is 418 g/mol. The van der Waals surface area contributed by atoms with Gasteiger partial charge in [-0.1, -0.05) is 12.1 Å². The first kappa shape index (κ1) is 22.5. The number of aromatic nitrogens is 2. The Balaban J connectivity index is 1.27. The summed E-state index contributed by atoms with van der Waals surface area (Å²) in [7, 11) is 1.65. The number of nitrogens with zero attached hydrogens (tertiary/aromatic N) is 2. The number of fused-ring (bicyclic) bond motifs is 1. The molecule has 2 aromatic carbocycles. The van der Waals surface area contributed by atoms with Crippen LogP contribution in [0, 0.1) is 0 Å². The van der Waals surface area contributed by atoms with Gasteiger partial charge in [0, 0.05) is 19.5 Å². The number of furan rings is 1. The number of hydrogen-bond donors (Lipinski definition) is 1. The van der Waals surface area contributed by atoms with E-state index in [4.69, 9.17) is 18.9 Å². The SMILES string of the molecule is COc1ccc(OCCCCn2c(CCCNC(=O)c3ccco3)nc3ccccc32)cc1. The Hall–Kier alpha value is -3.74. The Labute approximate surface area is 193 Å². The van der Waals surface area contributed by atoms with E-state index in [0.29, 0.717) is 18.9 Å². The molecule has 33 heavy (non-hydrogen) atoms. The number of hydrogen-bond acceptors (Lipinski definition) is 5. The van der Waals surface area contributed by atoms with Crippen molar-refractivity contribution >= 4 is 16.9 Å². The standard InChI is InChI=1S/C26H29N3O4/c1-31-20-12-14-21(15-13-20)32-18-5-4-17-29-23-9-3-2-8-22(23)28-25(29)11-6-16-27-26(30)24-10-7-19-33-24/h2-3,7-10,12-15,19H,4-6,11,16-18H2,1H3,(H,27,30). The Bertz CT molecular complexity index is 1150. The van der Waals surface area contributed by atoms with Crippen molar-refractivity contribution in [2.24, 2.45) is 0 Å². The van der Waals surface area contributed by atoms with Crippen LogP contribution >= 0.6 is 0 Å². The Morgan fingerprint density at radius 3 is 2.61 bits per heavy atom. The van der Waals surface area contributed by atoms with Gasteiger partial charge in [-0.2, -0.15) is 0 Å². The minimum atomic E-state index is -0.189. The number of ether oxygens (including phenoxy) is 2. The van der Waals surface area contributed by atoms with Crippen LogP contribution in [0.2, 0.25) is 0 Å². The van der Waals surface area contributed by atoms with Crippen molar-refractivity contribution in [2.75, 3.05) is 20.3 Å². The third-order valence-electron chi connectivity index (χ3n) is 5.45. The van der Waals surface area contributed by atoms with Crippen molar-refractivity contribution in [3.8, 4) is 11.5 Å². The average Bonchev–Trinajstić information content (AvgIpc) is 3.50. The second-order valence-corrected chi connectivity index (χ2v) is 7.74. The second kappa shape index (κ2) is 11.2. The fraction of sp³-hybridized carbons (Fsp3) is 0.308. The lowest BCUT2D eigenvalue weighted by Gasteiger charge is -2.11. The van der Waals surface area contributed by atoms with Crippen LogP contribution in [0.25, 0.3) is 11.0 Å². The van der Waals surface area contributed by atoms with E-state index >= 15 is 0 Å². The van der Waals surface area contributed by atoms with Crippen LogP contribution in [0.4, 0.5) is 0 Å². The minimum absolute atomic E-state index is 0.189. The number of para-hydroxylation sites is 2. The number of carbonyl (C=O) groups excluding carboxylic acids is 1. The normalized spacial score (nSPS) is 10.9. The van der Waals surface area contributed by atoms with Crippen molar-refractivity contribution in [2.45, 2.75) is 32.2 Å². The number of carbonyl (C=O) groups is 1. The molecule has 0 aliphatic rings. The predicted octanol–water partition coefficient (Wildman–Crippen LogP) is 4.86. The van der Waals surface area contributed by atoms with Crippen LogP contribution in [0.5, 0.6) is 11.5 Å². The van der Waals surface area contributed by atoms with Crippen molar-refractivity contribution < 1.29 is 18.7 Å². The van der Waals surface area contributed by atoms with Gasteiger partial charge in [0.05, 0.1) is 31.0 Å². The Morgan fingerprint density at radius 1 is 1.00 bits per heavy atom. The van der Waals surface area contributed by atoms with Crippen LogP contribution < -0.4 is 14.8 Å². The molecule has 172 valence electrons. The number of methoxy groups -OCH3 is 1. The lowest BCUT2D eigenvalue weighted by molar-refractivity contribution is 0.0925. The van der Waals surface area contributed by atoms with E-state index in [9.17, 15) is 4.79 Å². The number of imidazole rings is 1. The molecule has 0 radical (unpaired) electrons. The lowest BCUT2D eigenvalue weighted by Crippen LogP contribution is -2.24. The van der Waals surface area contributed by atoms with E-state index in [1.54, 1.807) is 19.2 Å². The summed E-state index contributed by atoms with van der Waals surface area (Å²) in [6.07, 6.45) is 5.01. The highest BCUT2D eigenvalue weighted by Gasteiger charge is 2.11. The van der Waals surface area contributed by atoms with Gasteiger partial charge in [-0.15, -0.1) is 0 Å². The molecule has 0 unspecified atom stereocenters. The maximum Gasteiger partial charge on any atom is 0.286 e. The fourth-order valence-corrected chi connectivity index (χ4v) is 3.74. The molecule has 7 nitrogen and oxygen atoms in total. The van der Waals surface area contributed by atoms with E-state index in [1.807, 2.05) is 42.5 Å². The minimum Gasteiger partial charge on any atom is -0.497 e. The smallest absolute Gasteiger partial charge is 0.286 e. The third kappa shape index (κ3) is 5.94. The summed E-state index contributed by atoms with van der Waals surface area (Å²) >= 11 is 0. The van der Waals surface area contributed by atoms with Crippen LogP contribution in [-0.2, 0) is 13.0 Å². The van der Waals surface area contributed by atoms with Gasteiger partial charge in [0.15, 0.2) is 5.76 Å². The number of benzene rings is 2. The van der Waals surface area contributed by atoms with Gasteiger partial charge in [-0.3, -0.25) is 4.79 Å². The second-order valence-electron chi connectivity index (χ2n) is 7.74. The van der Waals surface area contributed by atoms with Crippen molar-refractivity contribution in [1.29, 1.82) is 0 Å². The number of amides is 1. The molecule has 0 bridgehead atoms. The van der Waals surface area contributed by atoms with E-state index in [2.05, 4.69) is 16.0 Å². The van der Waals surface area contributed by atoms with Gasteiger partial charge in [0.25, 0.3) is 5.91 Å². The molecular formula is C26H29N3O4. The molecule has 1 amide bonds.